The molecule has 5 heterocycles. The third kappa shape index (κ3) is 12.5. The second-order valence-corrected chi connectivity index (χ2v) is 28.0. The Morgan fingerprint density at radius 3 is 1.64 bits per heavy atom. The van der Waals surface area contributed by atoms with Crippen molar-refractivity contribution in [3.63, 3.8) is 0 Å². The van der Waals surface area contributed by atoms with Gasteiger partial charge in [-0.1, -0.05) is 46.3 Å². The third-order valence-corrected chi connectivity index (χ3v) is 22.6. The Labute approximate surface area is 496 Å². The van der Waals surface area contributed by atoms with Gasteiger partial charge in [-0.3, -0.25) is 0 Å². The van der Waals surface area contributed by atoms with Crippen molar-refractivity contribution >= 4 is 0 Å². The van der Waals surface area contributed by atoms with Crippen molar-refractivity contribution in [1.29, 1.82) is 0 Å². The minimum Gasteiger partial charge on any atom is -0.394 e. The molecule has 492 valence electrons. The predicted molar refractivity (Wildman–Crippen MR) is 291 cm³/mol. The monoisotopic (exact) mass is 1220 g/mol. The van der Waals surface area contributed by atoms with E-state index < -0.39 is 191 Å². The number of allylic oxidation sites excluding steroid dienone is 2. The zero-order valence-electron chi connectivity index (χ0n) is 50.2. The summed E-state index contributed by atoms with van der Waals surface area (Å²) in [5.41, 5.74) is -0.834. The van der Waals surface area contributed by atoms with Gasteiger partial charge in [0.1, 0.15) is 116 Å². The van der Waals surface area contributed by atoms with Crippen LogP contribution in [-0.2, 0) is 47.4 Å². The lowest BCUT2D eigenvalue weighted by Gasteiger charge is -2.70. The summed E-state index contributed by atoms with van der Waals surface area (Å²) in [6, 6.07) is 0. The maximum atomic E-state index is 11.7. The van der Waals surface area contributed by atoms with Crippen molar-refractivity contribution in [2.24, 2.45) is 45.3 Å². The first-order valence-electron chi connectivity index (χ1n) is 30.7. The molecule has 26 heteroatoms. The quantitative estimate of drug-likeness (QED) is 0.0490. The van der Waals surface area contributed by atoms with Crippen LogP contribution in [0.25, 0.3) is 0 Å². The molecule has 0 aromatic carbocycles. The highest BCUT2D eigenvalue weighted by Gasteiger charge is 2.70. The van der Waals surface area contributed by atoms with Crippen LogP contribution in [0.15, 0.2) is 11.6 Å². The first kappa shape index (κ1) is 68.1. The smallest absolute Gasteiger partial charge is 0.187 e. The number of rotatable bonds is 18. The lowest BCUT2D eigenvalue weighted by atomic mass is 9.35. The standard InChI is InChI=1S/C59H100O26/c1-25(2)10-9-16-59(8,85-53-48(75)43(70)40(67)32(82-53)24-78-51-46(73)42(69)39(66)31(81-51)23-77-50-45(72)36(63)28(62)22-76-50)27-13-18-57(6)26(27)11-12-34-56(5)17-15-35(55(3,4)33(56)14-19-58(34,57)7)83-54-49(44(71)38(65)30(21-61)80-54)84-52-47(74)41(68)37(64)29(20-60)79-52/h10,26-54,60-75H,9,11-24H2,1-8H3/t26?,27-,28+,29+,30+,31+,32+,33?,34+,35-,36-,37+,38+,39+,40+,41-,42-,43-,44-,45+,46+,47+,48+,49+,50-,51+,52-,53-,54-,56-,57+,58+,59-/m0/s1. The molecule has 9 rings (SSSR count). The van der Waals surface area contributed by atoms with Gasteiger partial charge in [-0.15, -0.1) is 0 Å². The molecule has 0 aromatic rings. The Bertz CT molecular complexity index is 2230. The van der Waals surface area contributed by atoms with Gasteiger partial charge in [0.15, 0.2) is 31.5 Å². The Morgan fingerprint density at radius 2 is 1.02 bits per heavy atom. The van der Waals surface area contributed by atoms with Gasteiger partial charge in [0.25, 0.3) is 0 Å². The van der Waals surface area contributed by atoms with E-state index in [1.807, 2.05) is 20.8 Å². The van der Waals surface area contributed by atoms with E-state index in [0.717, 1.165) is 50.5 Å². The highest BCUT2D eigenvalue weighted by Crippen LogP contribution is 2.76. The molecule has 33 atom stereocenters. The fourth-order valence-electron chi connectivity index (χ4n) is 17.4. The number of fused-ring (bicyclic) bond motifs is 5. The molecule has 2 unspecified atom stereocenters. The van der Waals surface area contributed by atoms with E-state index in [4.69, 9.17) is 47.4 Å². The summed E-state index contributed by atoms with van der Waals surface area (Å²) in [6.45, 7) is 14.9. The lowest BCUT2D eigenvalue weighted by molar-refractivity contribution is -0.378. The number of ether oxygens (including phenoxy) is 10. The Morgan fingerprint density at radius 1 is 0.506 bits per heavy atom. The van der Waals surface area contributed by atoms with Crippen LogP contribution in [0.5, 0.6) is 0 Å². The van der Waals surface area contributed by atoms with Gasteiger partial charge in [0.2, 0.25) is 0 Å². The number of aliphatic hydroxyl groups excluding tert-OH is 16. The summed E-state index contributed by atoms with van der Waals surface area (Å²) in [6.07, 6.45) is -28.7. The summed E-state index contributed by atoms with van der Waals surface area (Å²) in [7, 11) is 0. The summed E-state index contributed by atoms with van der Waals surface area (Å²) < 4.78 is 60.5. The molecule has 5 saturated heterocycles. The van der Waals surface area contributed by atoms with Crippen LogP contribution in [-0.4, -0.2) is 274 Å². The van der Waals surface area contributed by atoms with E-state index >= 15 is 0 Å². The van der Waals surface area contributed by atoms with Gasteiger partial charge in [-0.25, -0.2) is 0 Å². The summed E-state index contributed by atoms with van der Waals surface area (Å²) in [5, 5.41) is 172. The van der Waals surface area contributed by atoms with Crippen LogP contribution in [0.4, 0.5) is 0 Å². The molecule has 0 aromatic heterocycles. The fourth-order valence-corrected chi connectivity index (χ4v) is 17.4. The van der Waals surface area contributed by atoms with Gasteiger partial charge in [-0.2, -0.15) is 0 Å². The third-order valence-electron chi connectivity index (χ3n) is 22.6. The van der Waals surface area contributed by atoms with Crippen LogP contribution in [0, 0.1) is 45.3 Å². The number of hydrogen-bond donors (Lipinski definition) is 16. The molecular formula is C59H100O26. The van der Waals surface area contributed by atoms with Crippen molar-refractivity contribution in [3.8, 4) is 0 Å². The van der Waals surface area contributed by atoms with E-state index in [9.17, 15) is 81.7 Å². The molecule has 4 aliphatic carbocycles. The van der Waals surface area contributed by atoms with E-state index in [-0.39, 0.29) is 46.5 Å². The molecule has 0 amide bonds. The van der Waals surface area contributed by atoms with Crippen molar-refractivity contribution in [1.82, 2.24) is 0 Å². The maximum Gasteiger partial charge on any atom is 0.187 e. The molecule has 5 aliphatic heterocycles. The SMILES string of the molecule is CC(C)=CCC[C@](C)(O[C@@H]1O[C@H](CO[C@@H]2O[C@H](CO[C@@H]3OC[C@@H](O)[C@H](O)[C@H]3O)[C@@H](O)[C@H](O)[C@H]2O)[C@@H](O)[C@H](O)[C@H]1O)[C@H]1CC[C@]2(C)C1CC[C@@H]1[C@@]3(C)CC[C@H](O[C@@H]4O[C@H](CO)[C@@H](O)[C@H](O)[C@H]4O[C@@H]4O[C@H](CO)[C@@H](O)[C@H](O)[C@H]4O)C(C)(C)C3CC[C@]12C. The van der Waals surface area contributed by atoms with E-state index in [1.54, 1.807) is 0 Å². The van der Waals surface area contributed by atoms with Crippen LogP contribution in [0.3, 0.4) is 0 Å². The summed E-state index contributed by atoms with van der Waals surface area (Å²) in [4.78, 5) is 0. The average molecular weight is 1230 g/mol. The molecule has 9 fully saturated rings. The minimum absolute atomic E-state index is 0.0435. The Balaban J connectivity index is 0.888. The minimum atomic E-state index is -1.82. The Hall–Kier alpha value is -1.30. The largest absolute Gasteiger partial charge is 0.394 e. The first-order valence-corrected chi connectivity index (χ1v) is 30.7. The average Bonchev–Trinajstić information content (AvgIpc) is 1.84. The normalized spacial score (nSPS) is 52.5. The number of hydrogen-bond acceptors (Lipinski definition) is 26. The fraction of sp³-hybridized carbons (Fsp3) is 0.966. The molecule has 0 spiro atoms. The molecule has 16 N–H and O–H groups in total. The molecule has 9 aliphatic rings. The van der Waals surface area contributed by atoms with Crippen LogP contribution in [0.1, 0.15) is 120 Å². The van der Waals surface area contributed by atoms with Gasteiger partial charge < -0.3 is 129 Å². The zero-order chi connectivity index (χ0) is 62.2. The highest BCUT2D eigenvalue weighted by atomic mass is 16.8. The van der Waals surface area contributed by atoms with Crippen molar-refractivity contribution in [3.05, 3.63) is 11.6 Å². The second kappa shape index (κ2) is 26.4. The van der Waals surface area contributed by atoms with Gasteiger partial charge in [-0.05, 0) is 130 Å². The molecular weight excluding hydrogens is 1120 g/mol. The lowest BCUT2D eigenvalue weighted by Crippen LogP contribution is -2.67. The van der Waals surface area contributed by atoms with Gasteiger partial charge in [0, 0.05) is 0 Å². The van der Waals surface area contributed by atoms with E-state index in [2.05, 4.69) is 40.7 Å². The van der Waals surface area contributed by atoms with Crippen molar-refractivity contribution in [2.75, 3.05) is 33.0 Å². The summed E-state index contributed by atoms with van der Waals surface area (Å²) >= 11 is 0. The topological polar surface area (TPSA) is 416 Å². The number of aliphatic hydroxyl groups is 16. The van der Waals surface area contributed by atoms with Crippen LogP contribution in [0.2, 0.25) is 0 Å². The summed E-state index contributed by atoms with van der Waals surface area (Å²) in [5.74, 6) is 0.533. The van der Waals surface area contributed by atoms with Gasteiger partial charge >= 0.3 is 0 Å². The van der Waals surface area contributed by atoms with Crippen molar-refractivity contribution < 1.29 is 129 Å². The van der Waals surface area contributed by atoms with Crippen LogP contribution < -0.4 is 0 Å². The molecule has 0 bridgehead atoms. The molecule has 4 saturated carbocycles. The van der Waals surface area contributed by atoms with E-state index in [1.165, 1.54) is 0 Å². The first-order chi connectivity index (χ1) is 39.9. The second-order valence-electron chi connectivity index (χ2n) is 28.0. The van der Waals surface area contributed by atoms with E-state index in [0.29, 0.717) is 19.3 Å². The molecule has 85 heavy (non-hydrogen) atoms. The van der Waals surface area contributed by atoms with Gasteiger partial charge in [0.05, 0.1) is 44.7 Å². The van der Waals surface area contributed by atoms with Crippen LogP contribution >= 0.6 is 0 Å². The highest BCUT2D eigenvalue weighted by molar-refractivity contribution is 5.19. The van der Waals surface area contributed by atoms with Crippen molar-refractivity contribution in [2.45, 2.75) is 279 Å². The maximum absolute atomic E-state index is 11.7. The predicted octanol–water partition coefficient (Wildman–Crippen LogP) is -2.71. The molecule has 0 radical (unpaired) electrons. The zero-order valence-corrected chi connectivity index (χ0v) is 50.2. The molecule has 26 nitrogen and oxygen atoms in total. The Kier molecular flexibility index (Phi) is 21.1.